The highest BCUT2D eigenvalue weighted by Crippen LogP contribution is 2.39. The van der Waals surface area contributed by atoms with E-state index in [9.17, 15) is 0 Å². The van der Waals surface area contributed by atoms with Gasteiger partial charge in [0, 0.05) is 23.3 Å². The predicted molar refractivity (Wildman–Crippen MR) is 74.1 cm³/mol. The number of aromatic nitrogens is 2. The van der Waals surface area contributed by atoms with Crippen molar-refractivity contribution in [3.05, 3.63) is 28.4 Å². The number of ether oxygens (including phenoxy) is 1. The highest BCUT2D eigenvalue weighted by molar-refractivity contribution is 6.31. The highest BCUT2D eigenvalue weighted by atomic mass is 35.5. The molecule has 5 heteroatoms. The van der Waals surface area contributed by atoms with Crippen molar-refractivity contribution in [1.82, 2.24) is 9.78 Å². The molecule has 18 heavy (non-hydrogen) atoms. The zero-order valence-electron chi connectivity index (χ0n) is 10.9. The number of aryl methyl sites for hydroxylation is 2. The minimum absolute atomic E-state index is 0.481. The van der Waals surface area contributed by atoms with Gasteiger partial charge in [-0.3, -0.25) is 4.68 Å². The fraction of sp³-hybridized carbons (Fsp3) is 0.308. The van der Waals surface area contributed by atoms with Crippen molar-refractivity contribution in [2.24, 2.45) is 7.05 Å². The van der Waals surface area contributed by atoms with Gasteiger partial charge in [0.25, 0.3) is 0 Å². The van der Waals surface area contributed by atoms with Gasteiger partial charge in [-0.15, -0.1) is 0 Å². The number of nitrogens with two attached hydrogens (primary N) is 1. The second kappa shape index (κ2) is 4.53. The molecule has 0 saturated carbocycles. The molecule has 0 atom stereocenters. The van der Waals surface area contributed by atoms with Gasteiger partial charge in [-0.25, -0.2) is 0 Å². The average molecular weight is 266 g/mol. The lowest BCUT2D eigenvalue weighted by atomic mass is 10.0. The van der Waals surface area contributed by atoms with Gasteiger partial charge < -0.3 is 10.5 Å². The summed E-state index contributed by atoms with van der Waals surface area (Å²) in [6, 6.07) is 3.72. The van der Waals surface area contributed by atoms with Crippen LogP contribution in [0.15, 0.2) is 12.1 Å². The van der Waals surface area contributed by atoms with E-state index in [1.165, 1.54) is 0 Å². The summed E-state index contributed by atoms with van der Waals surface area (Å²) in [4.78, 5) is 0. The van der Waals surface area contributed by atoms with Gasteiger partial charge in [0.05, 0.1) is 12.7 Å². The summed E-state index contributed by atoms with van der Waals surface area (Å²) in [7, 11) is 3.50. The standard InChI is InChI=1S/C13H16ClN3O/c1-7-5-9(14)6-10(12(7)18-4)11-8(2)17(3)16-13(11)15/h5-6H,1-4H3,(H2,15,16). The minimum Gasteiger partial charge on any atom is -0.496 e. The molecule has 4 nitrogen and oxygen atoms in total. The van der Waals surface area contributed by atoms with Crippen LogP contribution in [0.4, 0.5) is 5.82 Å². The third kappa shape index (κ3) is 1.93. The molecule has 0 amide bonds. The molecule has 2 rings (SSSR count). The molecule has 1 aromatic carbocycles. The lowest BCUT2D eigenvalue weighted by Crippen LogP contribution is -1.95. The number of hydrogen-bond acceptors (Lipinski definition) is 3. The summed E-state index contributed by atoms with van der Waals surface area (Å²) in [6.45, 7) is 3.92. The molecular formula is C13H16ClN3O. The largest absolute Gasteiger partial charge is 0.496 e. The molecule has 0 aliphatic carbocycles. The van der Waals surface area contributed by atoms with E-state index in [4.69, 9.17) is 22.1 Å². The predicted octanol–water partition coefficient (Wildman–Crippen LogP) is 2.95. The van der Waals surface area contributed by atoms with Gasteiger partial charge in [0.15, 0.2) is 5.82 Å². The second-order valence-electron chi connectivity index (χ2n) is 4.27. The summed E-state index contributed by atoms with van der Waals surface area (Å²) in [5.41, 5.74) is 9.68. The molecule has 0 spiro atoms. The van der Waals surface area contributed by atoms with E-state index in [1.54, 1.807) is 11.8 Å². The topological polar surface area (TPSA) is 53.1 Å². The number of hydrogen-bond donors (Lipinski definition) is 1. The molecule has 1 aromatic heterocycles. The molecule has 0 aliphatic heterocycles. The lowest BCUT2D eigenvalue weighted by molar-refractivity contribution is 0.413. The Morgan fingerprint density at radius 1 is 1.33 bits per heavy atom. The van der Waals surface area contributed by atoms with E-state index in [0.29, 0.717) is 10.8 Å². The van der Waals surface area contributed by atoms with Crippen LogP contribution in [0.25, 0.3) is 11.1 Å². The van der Waals surface area contributed by atoms with Crippen molar-refractivity contribution in [2.75, 3.05) is 12.8 Å². The summed E-state index contributed by atoms with van der Waals surface area (Å²) in [5.74, 6) is 1.26. The number of methoxy groups -OCH3 is 1. The van der Waals surface area contributed by atoms with E-state index >= 15 is 0 Å². The fourth-order valence-electron chi connectivity index (χ4n) is 2.15. The third-order valence-electron chi connectivity index (χ3n) is 3.07. The van der Waals surface area contributed by atoms with Crippen LogP contribution in [0.5, 0.6) is 5.75 Å². The van der Waals surface area contributed by atoms with Gasteiger partial charge >= 0.3 is 0 Å². The van der Waals surface area contributed by atoms with Crippen molar-refractivity contribution in [2.45, 2.75) is 13.8 Å². The molecule has 0 aliphatic rings. The highest BCUT2D eigenvalue weighted by Gasteiger charge is 2.18. The third-order valence-corrected chi connectivity index (χ3v) is 3.29. The monoisotopic (exact) mass is 265 g/mol. The first-order valence-corrected chi connectivity index (χ1v) is 5.97. The number of nitrogens with zero attached hydrogens (tertiary/aromatic N) is 2. The van der Waals surface area contributed by atoms with Crippen LogP contribution in [-0.2, 0) is 7.05 Å². The van der Waals surface area contributed by atoms with Crippen LogP contribution in [-0.4, -0.2) is 16.9 Å². The molecule has 1 heterocycles. The Kier molecular flexibility index (Phi) is 3.22. The Morgan fingerprint density at radius 3 is 2.50 bits per heavy atom. The molecule has 0 saturated heterocycles. The smallest absolute Gasteiger partial charge is 0.153 e. The van der Waals surface area contributed by atoms with E-state index in [1.807, 2.05) is 33.0 Å². The molecule has 0 unspecified atom stereocenters. The zero-order chi connectivity index (χ0) is 13.4. The zero-order valence-corrected chi connectivity index (χ0v) is 11.7. The number of anilines is 1. The minimum atomic E-state index is 0.481. The first kappa shape index (κ1) is 12.8. The van der Waals surface area contributed by atoms with Gasteiger partial charge in [-0.05, 0) is 31.5 Å². The quantitative estimate of drug-likeness (QED) is 0.908. The molecule has 2 aromatic rings. The van der Waals surface area contributed by atoms with Gasteiger partial charge in [-0.1, -0.05) is 11.6 Å². The van der Waals surface area contributed by atoms with Crippen molar-refractivity contribution in [1.29, 1.82) is 0 Å². The number of rotatable bonds is 2. The van der Waals surface area contributed by atoms with Gasteiger partial charge in [-0.2, -0.15) is 5.10 Å². The molecule has 0 radical (unpaired) electrons. The molecule has 96 valence electrons. The Morgan fingerprint density at radius 2 is 2.00 bits per heavy atom. The Labute approximate surface area is 111 Å². The molecule has 0 bridgehead atoms. The van der Waals surface area contributed by atoms with Crippen LogP contribution in [0, 0.1) is 13.8 Å². The fourth-order valence-corrected chi connectivity index (χ4v) is 2.43. The first-order chi connectivity index (χ1) is 8.45. The first-order valence-electron chi connectivity index (χ1n) is 5.59. The van der Waals surface area contributed by atoms with E-state index in [0.717, 1.165) is 28.1 Å². The van der Waals surface area contributed by atoms with Crippen LogP contribution in [0.3, 0.4) is 0 Å². The lowest BCUT2D eigenvalue weighted by Gasteiger charge is -2.12. The van der Waals surface area contributed by atoms with Crippen molar-refractivity contribution in [3.63, 3.8) is 0 Å². The maximum Gasteiger partial charge on any atom is 0.153 e. The van der Waals surface area contributed by atoms with Crippen molar-refractivity contribution < 1.29 is 4.74 Å². The SMILES string of the molecule is COc1c(C)cc(Cl)cc1-c1c(N)nn(C)c1C. The van der Waals surface area contributed by atoms with Crippen molar-refractivity contribution >= 4 is 17.4 Å². The van der Waals surface area contributed by atoms with Crippen LogP contribution < -0.4 is 10.5 Å². The van der Waals surface area contributed by atoms with Gasteiger partial charge in [0.2, 0.25) is 0 Å². The molecular weight excluding hydrogens is 250 g/mol. The second-order valence-corrected chi connectivity index (χ2v) is 4.71. The van der Waals surface area contributed by atoms with E-state index < -0.39 is 0 Å². The van der Waals surface area contributed by atoms with E-state index in [2.05, 4.69) is 5.10 Å². The summed E-state index contributed by atoms with van der Waals surface area (Å²) in [5, 5.41) is 4.88. The molecule has 0 fully saturated rings. The van der Waals surface area contributed by atoms with Crippen LogP contribution in [0.1, 0.15) is 11.3 Å². The normalized spacial score (nSPS) is 10.7. The summed E-state index contributed by atoms with van der Waals surface area (Å²) in [6.07, 6.45) is 0. The number of nitrogen functional groups attached to an aromatic ring is 1. The van der Waals surface area contributed by atoms with Crippen LogP contribution >= 0.6 is 11.6 Å². The number of halogens is 1. The summed E-state index contributed by atoms with van der Waals surface area (Å²) < 4.78 is 7.20. The van der Waals surface area contributed by atoms with Crippen LogP contribution in [0.2, 0.25) is 5.02 Å². The molecule has 2 N–H and O–H groups in total. The Hall–Kier alpha value is -1.68. The van der Waals surface area contributed by atoms with Crippen molar-refractivity contribution in [3.8, 4) is 16.9 Å². The maximum absolute atomic E-state index is 6.12. The Balaban J connectivity index is 2.78. The number of benzene rings is 1. The maximum atomic E-state index is 6.12. The van der Waals surface area contributed by atoms with Gasteiger partial charge in [0.1, 0.15) is 5.75 Å². The Bertz CT molecular complexity index is 605. The average Bonchev–Trinajstić information content (AvgIpc) is 2.52. The summed E-state index contributed by atoms with van der Waals surface area (Å²) >= 11 is 6.12. The van der Waals surface area contributed by atoms with E-state index in [-0.39, 0.29) is 0 Å².